The number of hydrogen-bond acceptors (Lipinski definition) is 5. The number of carbonyl (C=O) groups is 3. The van der Waals surface area contributed by atoms with Gasteiger partial charge in [0.15, 0.2) is 0 Å². The van der Waals surface area contributed by atoms with E-state index in [1.54, 1.807) is 13.8 Å². The first-order chi connectivity index (χ1) is 17.1. The molecule has 0 saturated carbocycles. The predicted octanol–water partition coefficient (Wildman–Crippen LogP) is 8.36. The molecular weight excluding hydrogens is 456 g/mol. The van der Waals surface area contributed by atoms with E-state index < -0.39 is 5.97 Å². The second kappa shape index (κ2) is 30.7. The zero-order valence-corrected chi connectivity index (χ0v) is 23.7. The van der Waals surface area contributed by atoms with Crippen molar-refractivity contribution in [2.24, 2.45) is 0 Å². The van der Waals surface area contributed by atoms with Gasteiger partial charge in [-0.15, -0.1) is 0 Å². The maximum absolute atomic E-state index is 11.2. The Balaban J connectivity index is -0.000000743. The quantitative estimate of drug-likeness (QED) is 0.100. The van der Waals surface area contributed by atoms with Crippen LogP contribution in [0.5, 0.6) is 0 Å². The Kier molecular flexibility index (Phi) is 32.5. The number of ether oxygens (including phenoxy) is 2. The Morgan fingerprint density at radius 2 is 0.972 bits per heavy atom. The first kappa shape index (κ1) is 38.2. The summed E-state index contributed by atoms with van der Waals surface area (Å²) in [6.45, 7) is 16.0. The van der Waals surface area contributed by atoms with Crippen LogP contribution in [0.1, 0.15) is 124 Å². The van der Waals surface area contributed by atoms with Crippen molar-refractivity contribution in [2.45, 2.75) is 124 Å². The summed E-state index contributed by atoms with van der Waals surface area (Å²) < 4.78 is 9.36. The van der Waals surface area contributed by atoms with E-state index in [0.29, 0.717) is 17.8 Å². The highest BCUT2D eigenvalue weighted by Crippen LogP contribution is 2.13. The molecule has 0 aromatic heterocycles. The molecule has 6 heteroatoms. The highest BCUT2D eigenvalue weighted by atomic mass is 16.5. The number of hydrogen-bond donors (Lipinski definition) is 1. The summed E-state index contributed by atoms with van der Waals surface area (Å²) in [6, 6.07) is 0. The van der Waals surface area contributed by atoms with Crippen molar-refractivity contribution in [3.63, 3.8) is 0 Å². The van der Waals surface area contributed by atoms with Crippen LogP contribution in [0.15, 0.2) is 37.0 Å². The highest BCUT2D eigenvalue weighted by Gasteiger charge is 2.01. The molecule has 0 aliphatic rings. The molecule has 0 spiro atoms. The molecule has 36 heavy (non-hydrogen) atoms. The van der Waals surface area contributed by atoms with Crippen LogP contribution in [0.4, 0.5) is 0 Å². The molecule has 0 aromatic carbocycles. The van der Waals surface area contributed by atoms with Gasteiger partial charge in [-0.3, -0.25) is 0 Å². The summed E-state index contributed by atoms with van der Waals surface area (Å²) in [4.78, 5) is 30.6. The topological polar surface area (TPSA) is 89.9 Å². The standard InChI is InChI=1S/C22H42O2.C5H8O2.C3H4O2/c1-4-5-6-7-8-9-10-11-12-13-14-15-16-17-18-19-20-24-22(23)21(2)3;1-4(2)5(6)7-3;1-2-3(4)5/h2,4-20H2,1,3H3;1H2,2-3H3;2H,1H2,(H,4,5). The third-order valence-corrected chi connectivity index (χ3v) is 5.29. The Hall–Kier alpha value is -2.37. The molecule has 210 valence electrons. The molecule has 0 atom stereocenters. The van der Waals surface area contributed by atoms with Crippen molar-refractivity contribution in [3.05, 3.63) is 37.0 Å². The number of carboxylic acid groups (broad SMARTS) is 1. The van der Waals surface area contributed by atoms with Gasteiger partial charge in [-0.1, -0.05) is 123 Å². The van der Waals surface area contributed by atoms with Crippen LogP contribution in [0, 0.1) is 0 Å². The third-order valence-electron chi connectivity index (χ3n) is 5.29. The minimum Gasteiger partial charge on any atom is -0.478 e. The summed E-state index contributed by atoms with van der Waals surface area (Å²) in [7, 11) is 1.33. The first-order valence-electron chi connectivity index (χ1n) is 13.6. The van der Waals surface area contributed by atoms with Gasteiger partial charge in [-0.05, 0) is 20.3 Å². The molecule has 0 aromatic rings. The summed E-state index contributed by atoms with van der Waals surface area (Å²) in [6.07, 6.45) is 22.6. The Bertz CT molecular complexity index is 594. The monoisotopic (exact) mass is 510 g/mol. The highest BCUT2D eigenvalue weighted by molar-refractivity contribution is 5.87. The molecule has 6 nitrogen and oxygen atoms in total. The van der Waals surface area contributed by atoms with Crippen LogP contribution in [0.2, 0.25) is 0 Å². The minimum atomic E-state index is -0.981. The molecular formula is C30H54O6. The van der Waals surface area contributed by atoms with E-state index in [1.807, 2.05) is 0 Å². The van der Waals surface area contributed by atoms with Crippen LogP contribution in [-0.4, -0.2) is 36.7 Å². The zero-order chi connectivity index (χ0) is 28.0. The fraction of sp³-hybridized carbons (Fsp3) is 0.700. The maximum Gasteiger partial charge on any atom is 0.333 e. The Morgan fingerprint density at radius 1 is 0.667 bits per heavy atom. The van der Waals surface area contributed by atoms with E-state index in [-0.39, 0.29) is 11.9 Å². The lowest BCUT2D eigenvalue weighted by Crippen LogP contribution is -2.05. The molecule has 0 rings (SSSR count). The zero-order valence-electron chi connectivity index (χ0n) is 23.7. The SMILES string of the molecule is C=C(C)C(=O)OC.C=C(C)C(=O)OCCCCCCCCCCCCCCCCCC.C=CC(=O)O. The lowest BCUT2D eigenvalue weighted by atomic mass is 10.0. The first-order valence-corrected chi connectivity index (χ1v) is 13.6. The largest absolute Gasteiger partial charge is 0.478 e. The van der Waals surface area contributed by atoms with Crippen LogP contribution < -0.4 is 0 Å². The van der Waals surface area contributed by atoms with Gasteiger partial charge in [-0.2, -0.15) is 0 Å². The molecule has 0 saturated heterocycles. The number of methoxy groups -OCH3 is 1. The molecule has 1 N–H and O–H groups in total. The van der Waals surface area contributed by atoms with Crippen molar-refractivity contribution in [2.75, 3.05) is 13.7 Å². The van der Waals surface area contributed by atoms with Crippen molar-refractivity contribution in [3.8, 4) is 0 Å². The number of aliphatic carboxylic acids is 1. The van der Waals surface area contributed by atoms with Crippen molar-refractivity contribution in [1.29, 1.82) is 0 Å². The van der Waals surface area contributed by atoms with Crippen LogP contribution in [0.25, 0.3) is 0 Å². The predicted molar refractivity (Wildman–Crippen MR) is 150 cm³/mol. The molecule has 0 bridgehead atoms. The van der Waals surface area contributed by atoms with Gasteiger partial charge in [0, 0.05) is 17.2 Å². The van der Waals surface area contributed by atoms with Crippen LogP contribution >= 0.6 is 0 Å². The molecule has 0 heterocycles. The van der Waals surface area contributed by atoms with Crippen molar-refractivity contribution >= 4 is 17.9 Å². The van der Waals surface area contributed by atoms with Crippen molar-refractivity contribution < 1.29 is 29.0 Å². The molecule has 0 aliphatic carbocycles. The number of carbonyl (C=O) groups excluding carboxylic acids is 2. The van der Waals surface area contributed by atoms with Gasteiger partial charge in [0.25, 0.3) is 0 Å². The number of carboxylic acids is 1. The Labute approximate surface area is 221 Å². The fourth-order valence-corrected chi connectivity index (χ4v) is 3.11. The van der Waals surface area contributed by atoms with Gasteiger partial charge in [0.1, 0.15) is 0 Å². The number of esters is 2. The molecule has 0 unspecified atom stereocenters. The summed E-state index contributed by atoms with van der Waals surface area (Å²) in [5.74, 6) is -1.58. The fourth-order valence-electron chi connectivity index (χ4n) is 3.11. The Morgan fingerprint density at radius 3 is 1.19 bits per heavy atom. The minimum absolute atomic E-state index is 0.254. The second-order valence-electron chi connectivity index (χ2n) is 9.03. The third kappa shape index (κ3) is 36.2. The lowest BCUT2D eigenvalue weighted by molar-refractivity contribution is -0.139. The van der Waals surface area contributed by atoms with Crippen LogP contribution in [-0.2, 0) is 23.9 Å². The summed E-state index contributed by atoms with van der Waals surface area (Å²) in [5.41, 5.74) is 0.925. The van der Waals surface area contributed by atoms with Gasteiger partial charge in [0.2, 0.25) is 0 Å². The normalized spacial score (nSPS) is 9.56. The average molecular weight is 511 g/mol. The smallest absolute Gasteiger partial charge is 0.333 e. The number of rotatable bonds is 20. The molecule has 0 fully saturated rings. The summed E-state index contributed by atoms with van der Waals surface area (Å²) in [5, 5.41) is 7.60. The van der Waals surface area contributed by atoms with Gasteiger partial charge in [0.05, 0.1) is 13.7 Å². The second-order valence-corrected chi connectivity index (χ2v) is 9.03. The van der Waals surface area contributed by atoms with E-state index in [2.05, 4.69) is 31.4 Å². The van der Waals surface area contributed by atoms with E-state index in [1.165, 1.54) is 103 Å². The van der Waals surface area contributed by atoms with Crippen LogP contribution in [0.3, 0.4) is 0 Å². The van der Waals surface area contributed by atoms with E-state index >= 15 is 0 Å². The maximum atomic E-state index is 11.2. The van der Waals surface area contributed by atoms with Gasteiger partial charge in [-0.25, -0.2) is 14.4 Å². The van der Waals surface area contributed by atoms with Crippen molar-refractivity contribution in [1.82, 2.24) is 0 Å². The van der Waals surface area contributed by atoms with Gasteiger partial charge < -0.3 is 14.6 Å². The van der Waals surface area contributed by atoms with E-state index in [9.17, 15) is 14.4 Å². The van der Waals surface area contributed by atoms with E-state index in [0.717, 1.165) is 12.5 Å². The molecule has 0 radical (unpaired) electrons. The number of unbranched alkanes of at least 4 members (excludes halogenated alkanes) is 15. The molecule has 0 amide bonds. The van der Waals surface area contributed by atoms with Gasteiger partial charge >= 0.3 is 17.9 Å². The molecule has 0 aliphatic heterocycles. The lowest BCUT2D eigenvalue weighted by Gasteiger charge is -2.05. The van der Waals surface area contributed by atoms with E-state index in [4.69, 9.17) is 9.84 Å². The average Bonchev–Trinajstić information content (AvgIpc) is 2.85. The summed E-state index contributed by atoms with van der Waals surface area (Å²) >= 11 is 0.